The third kappa shape index (κ3) is 3.19. The van der Waals surface area contributed by atoms with Gasteiger partial charge >= 0.3 is 0 Å². The number of nitrogens with zero attached hydrogens (tertiary/aromatic N) is 3. The van der Waals surface area contributed by atoms with Crippen molar-refractivity contribution in [3.8, 4) is 0 Å². The first-order valence-electron chi connectivity index (χ1n) is 6.93. The molecule has 4 nitrogen and oxygen atoms in total. The molecule has 0 aromatic carbocycles. The molecular weight excluding hydrogens is 226 g/mol. The summed E-state index contributed by atoms with van der Waals surface area (Å²) in [4.78, 5) is 11.1. The second-order valence-electron chi connectivity index (χ2n) is 5.18. The lowest BCUT2D eigenvalue weighted by molar-refractivity contribution is 0.276. The Labute approximate surface area is 109 Å². The van der Waals surface area contributed by atoms with Crippen LogP contribution in [0.3, 0.4) is 0 Å². The topological polar surface area (TPSA) is 49.2 Å². The Morgan fingerprint density at radius 1 is 1.33 bits per heavy atom. The van der Waals surface area contributed by atoms with E-state index in [0.717, 1.165) is 30.6 Å². The summed E-state index contributed by atoms with van der Waals surface area (Å²) >= 11 is 0. The van der Waals surface area contributed by atoms with Gasteiger partial charge in [-0.2, -0.15) is 0 Å². The van der Waals surface area contributed by atoms with E-state index in [-0.39, 0.29) is 6.61 Å². The van der Waals surface area contributed by atoms with Crippen LogP contribution >= 0.6 is 0 Å². The first kappa shape index (κ1) is 13.3. The van der Waals surface area contributed by atoms with Gasteiger partial charge < -0.3 is 10.0 Å². The summed E-state index contributed by atoms with van der Waals surface area (Å²) in [5.41, 5.74) is 1.65. The number of anilines is 1. The van der Waals surface area contributed by atoms with E-state index in [4.69, 9.17) is 0 Å². The van der Waals surface area contributed by atoms with Crippen LogP contribution in [-0.2, 0) is 6.61 Å². The van der Waals surface area contributed by atoms with Gasteiger partial charge in [-0.25, -0.2) is 9.97 Å². The molecule has 100 valence electrons. The van der Waals surface area contributed by atoms with E-state index >= 15 is 0 Å². The number of hydrogen-bond acceptors (Lipinski definition) is 4. The van der Waals surface area contributed by atoms with E-state index in [1.54, 1.807) is 0 Å². The highest BCUT2D eigenvalue weighted by Crippen LogP contribution is 2.24. The highest BCUT2D eigenvalue weighted by atomic mass is 16.3. The molecule has 2 heterocycles. The monoisotopic (exact) mass is 249 g/mol. The Bertz CT molecular complexity index is 387. The molecule has 0 aliphatic carbocycles. The largest absolute Gasteiger partial charge is 0.390 e. The van der Waals surface area contributed by atoms with Gasteiger partial charge in [0.15, 0.2) is 0 Å². The lowest BCUT2D eigenvalue weighted by Crippen LogP contribution is -2.35. The van der Waals surface area contributed by atoms with Gasteiger partial charge in [-0.15, -0.1) is 0 Å². The summed E-state index contributed by atoms with van der Waals surface area (Å²) in [6.07, 6.45) is 5.09. The fourth-order valence-electron chi connectivity index (χ4n) is 2.67. The molecule has 0 radical (unpaired) electrons. The number of rotatable bonds is 4. The van der Waals surface area contributed by atoms with Gasteiger partial charge in [-0.1, -0.05) is 19.8 Å². The van der Waals surface area contributed by atoms with Gasteiger partial charge in [0.2, 0.25) is 5.95 Å². The highest BCUT2D eigenvalue weighted by Gasteiger charge is 2.20. The molecule has 1 N–H and O–H groups in total. The minimum atomic E-state index is -0.0113. The van der Waals surface area contributed by atoms with Crippen LogP contribution in [0, 0.1) is 12.8 Å². The minimum absolute atomic E-state index is 0.0113. The van der Waals surface area contributed by atoms with E-state index in [0.29, 0.717) is 5.69 Å². The lowest BCUT2D eigenvalue weighted by Gasteiger charge is -2.32. The molecule has 1 aliphatic heterocycles. The van der Waals surface area contributed by atoms with Crippen LogP contribution in [0.4, 0.5) is 5.95 Å². The van der Waals surface area contributed by atoms with Crippen molar-refractivity contribution < 1.29 is 5.11 Å². The van der Waals surface area contributed by atoms with Crippen LogP contribution in [0.5, 0.6) is 0 Å². The summed E-state index contributed by atoms with van der Waals surface area (Å²) in [5, 5.41) is 9.19. The van der Waals surface area contributed by atoms with Crippen LogP contribution in [0.2, 0.25) is 0 Å². The summed E-state index contributed by atoms with van der Waals surface area (Å²) in [6, 6.07) is 1.84. The summed E-state index contributed by atoms with van der Waals surface area (Å²) in [7, 11) is 0. The molecule has 1 fully saturated rings. The van der Waals surface area contributed by atoms with E-state index < -0.39 is 0 Å². The molecule has 4 heteroatoms. The average Bonchev–Trinajstić information content (AvgIpc) is 2.39. The zero-order chi connectivity index (χ0) is 13.0. The zero-order valence-electron chi connectivity index (χ0n) is 11.4. The third-order valence-corrected chi connectivity index (χ3v) is 3.65. The number of aliphatic hydroxyl groups is 1. The van der Waals surface area contributed by atoms with E-state index in [9.17, 15) is 5.11 Å². The summed E-state index contributed by atoms with van der Waals surface area (Å²) in [5.74, 6) is 1.65. The molecule has 1 aliphatic rings. The second-order valence-corrected chi connectivity index (χ2v) is 5.18. The predicted octanol–water partition coefficient (Wildman–Crippen LogP) is 2.29. The second kappa shape index (κ2) is 6.14. The standard InChI is InChI=1S/C14H23N3O/c1-3-4-12-5-7-17(8-6-12)14-15-11(2)9-13(10-18)16-14/h9,12,18H,3-8,10H2,1-2H3. The SMILES string of the molecule is CCCC1CCN(c2nc(C)cc(CO)n2)CC1. The van der Waals surface area contributed by atoms with E-state index in [1.165, 1.54) is 25.7 Å². The predicted molar refractivity (Wildman–Crippen MR) is 72.5 cm³/mol. The Morgan fingerprint density at radius 3 is 2.67 bits per heavy atom. The number of aromatic nitrogens is 2. The molecular formula is C14H23N3O. The molecule has 2 rings (SSSR count). The quantitative estimate of drug-likeness (QED) is 0.889. The number of aliphatic hydroxyl groups excluding tert-OH is 1. The molecule has 0 saturated carbocycles. The van der Waals surface area contributed by atoms with Gasteiger partial charge in [0.25, 0.3) is 0 Å². The molecule has 1 aromatic rings. The zero-order valence-corrected chi connectivity index (χ0v) is 11.4. The lowest BCUT2D eigenvalue weighted by atomic mass is 9.93. The Kier molecular flexibility index (Phi) is 4.53. The molecule has 18 heavy (non-hydrogen) atoms. The van der Waals surface area contributed by atoms with Crippen LogP contribution in [0.1, 0.15) is 44.0 Å². The average molecular weight is 249 g/mol. The molecule has 0 bridgehead atoms. The van der Waals surface area contributed by atoms with Gasteiger partial charge in [0.1, 0.15) is 0 Å². The molecule has 0 unspecified atom stereocenters. The van der Waals surface area contributed by atoms with Crippen molar-refractivity contribution in [3.05, 3.63) is 17.5 Å². The van der Waals surface area contributed by atoms with E-state index in [2.05, 4.69) is 21.8 Å². The first-order valence-corrected chi connectivity index (χ1v) is 6.93. The minimum Gasteiger partial charge on any atom is -0.390 e. The van der Waals surface area contributed by atoms with Crippen molar-refractivity contribution in [2.24, 2.45) is 5.92 Å². The van der Waals surface area contributed by atoms with Crippen molar-refractivity contribution in [1.82, 2.24) is 9.97 Å². The maximum Gasteiger partial charge on any atom is 0.225 e. The van der Waals surface area contributed by atoms with Crippen molar-refractivity contribution in [2.45, 2.75) is 46.1 Å². The molecule has 0 spiro atoms. The van der Waals surface area contributed by atoms with Crippen LogP contribution < -0.4 is 4.90 Å². The maximum atomic E-state index is 9.19. The van der Waals surface area contributed by atoms with Gasteiger partial charge in [0, 0.05) is 18.8 Å². The number of piperidine rings is 1. The molecule has 0 amide bonds. The van der Waals surface area contributed by atoms with Crippen molar-refractivity contribution in [1.29, 1.82) is 0 Å². The normalized spacial score (nSPS) is 17.2. The fourth-order valence-corrected chi connectivity index (χ4v) is 2.67. The number of aryl methyl sites for hydroxylation is 1. The Hall–Kier alpha value is -1.16. The highest BCUT2D eigenvalue weighted by molar-refractivity contribution is 5.32. The molecule has 0 atom stereocenters. The smallest absolute Gasteiger partial charge is 0.225 e. The van der Waals surface area contributed by atoms with Crippen molar-refractivity contribution in [3.63, 3.8) is 0 Å². The summed E-state index contributed by atoms with van der Waals surface area (Å²) < 4.78 is 0. The summed E-state index contributed by atoms with van der Waals surface area (Å²) in [6.45, 7) is 6.28. The van der Waals surface area contributed by atoms with Gasteiger partial charge in [-0.05, 0) is 31.7 Å². The Morgan fingerprint density at radius 2 is 2.06 bits per heavy atom. The number of hydrogen-bond donors (Lipinski definition) is 1. The fraction of sp³-hybridized carbons (Fsp3) is 0.714. The first-order chi connectivity index (χ1) is 8.72. The molecule has 1 saturated heterocycles. The van der Waals surface area contributed by atoms with Crippen LogP contribution in [0.15, 0.2) is 6.07 Å². The van der Waals surface area contributed by atoms with Crippen molar-refractivity contribution >= 4 is 5.95 Å². The van der Waals surface area contributed by atoms with Crippen LogP contribution in [-0.4, -0.2) is 28.2 Å². The van der Waals surface area contributed by atoms with Crippen LogP contribution in [0.25, 0.3) is 0 Å². The Balaban J connectivity index is 2.02. The van der Waals surface area contributed by atoms with Gasteiger partial charge in [0.05, 0.1) is 12.3 Å². The molecule has 1 aromatic heterocycles. The third-order valence-electron chi connectivity index (χ3n) is 3.65. The van der Waals surface area contributed by atoms with Gasteiger partial charge in [-0.3, -0.25) is 0 Å². The van der Waals surface area contributed by atoms with E-state index in [1.807, 2.05) is 13.0 Å². The maximum absolute atomic E-state index is 9.19. The van der Waals surface area contributed by atoms with Crippen molar-refractivity contribution in [2.75, 3.05) is 18.0 Å².